The molecule has 1 saturated heterocycles. The number of benzene rings is 1. The van der Waals surface area contributed by atoms with Gasteiger partial charge in [0.25, 0.3) is 0 Å². The van der Waals surface area contributed by atoms with Gasteiger partial charge < -0.3 is 4.90 Å². The Morgan fingerprint density at radius 3 is 2.52 bits per heavy atom. The summed E-state index contributed by atoms with van der Waals surface area (Å²) in [6, 6.07) is 8.79. The van der Waals surface area contributed by atoms with Crippen LogP contribution in [0.15, 0.2) is 24.3 Å². The van der Waals surface area contributed by atoms with E-state index in [0.29, 0.717) is 6.04 Å². The van der Waals surface area contributed by atoms with Gasteiger partial charge in [-0.25, -0.2) is 0 Å². The van der Waals surface area contributed by atoms with Gasteiger partial charge in [-0.15, -0.1) is 0 Å². The van der Waals surface area contributed by atoms with Crippen LogP contribution in [0.25, 0.3) is 0 Å². The highest BCUT2D eigenvalue weighted by atomic mass is 16.2. The van der Waals surface area contributed by atoms with Crippen molar-refractivity contribution >= 4 is 5.91 Å². The summed E-state index contributed by atoms with van der Waals surface area (Å²) in [6.45, 7) is 8.57. The molecule has 0 radical (unpaired) electrons. The number of carbonyl (C=O) groups excluding carboxylic acids is 1. The van der Waals surface area contributed by atoms with Crippen LogP contribution in [0.5, 0.6) is 0 Å². The molecule has 2 unspecified atom stereocenters. The highest BCUT2D eigenvalue weighted by Gasteiger charge is 2.41. The van der Waals surface area contributed by atoms with Crippen molar-refractivity contribution in [2.45, 2.75) is 71.6 Å². The van der Waals surface area contributed by atoms with E-state index in [-0.39, 0.29) is 18.1 Å². The van der Waals surface area contributed by atoms with E-state index >= 15 is 0 Å². The standard InChI is InChI=1S/C18H28N2O/c1-5-9-16-18(21)20(15(6-2)7-3)17(19-16)14-11-8-10-13(4)12-14/h8,10-12,15-17,19H,5-7,9H2,1-4H3. The van der Waals surface area contributed by atoms with E-state index in [1.165, 1.54) is 11.1 Å². The maximum Gasteiger partial charge on any atom is 0.241 e. The predicted octanol–water partition coefficient (Wildman–Crippen LogP) is 3.78. The SMILES string of the molecule is CCCC1NC(c2cccc(C)c2)N(C(CC)CC)C1=O. The Labute approximate surface area is 128 Å². The predicted molar refractivity (Wildman–Crippen MR) is 87.0 cm³/mol. The summed E-state index contributed by atoms with van der Waals surface area (Å²) in [6.07, 6.45) is 3.98. The zero-order valence-corrected chi connectivity index (χ0v) is 13.7. The van der Waals surface area contributed by atoms with E-state index in [1.807, 2.05) is 0 Å². The van der Waals surface area contributed by atoms with Crippen molar-refractivity contribution in [1.82, 2.24) is 10.2 Å². The molecule has 1 amide bonds. The van der Waals surface area contributed by atoms with Gasteiger partial charge in [0, 0.05) is 6.04 Å². The Balaban J connectivity index is 2.33. The van der Waals surface area contributed by atoms with Crippen LogP contribution in [0, 0.1) is 6.92 Å². The number of nitrogens with zero attached hydrogens (tertiary/aromatic N) is 1. The number of nitrogens with one attached hydrogen (secondary N) is 1. The molecule has 1 fully saturated rings. The van der Waals surface area contributed by atoms with E-state index in [0.717, 1.165) is 25.7 Å². The van der Waals surface area contributed by atoms with Crippen molar-refractivity contribution < 1.29 is 4.79 Å². The third kappa shape index (κ3) is 3.29. The van der Waals surface area contributed by atoms with Gasteiger partial charge in [-0.05, 0) is 31.7 Å². The fraction of sp³-hybridized carbons (Fsp3) is 0.611. The van der Waals surface area contributed by atoms with Crippen molar-refractivity contribution in [2.24, 2.45) is 0 Å². The molecule has 0 spiro atoms. The van der Waals surface area contributed by atoms with E-state index in [4.69, 9.17) is 0 Å². The Kier molecular flexibility index (Phi) is 5.40. The van der Waals surface area contributed by atoms with Crippen molar-refractivity contribution in [2.75, 3.05) is 0 Å². The Bertz CT molecular complexity index is 482. The highest BCUT2D eigenvalue weighted by Crippen LogP contribution is 2.31. The quantitative estimate of drug-likeness (QED) is 0.864. The second-order valence-corrected chi connectivity index (χ2v) is 6.04. The Morgan fingerprint density at radius 1 is 1.24 bits per heavy atom. The lowest BCUT2D eigenvalue weighted by Crippen LogP contribution is -2.39. The lowest BCUT2D eigenvalue weighted by Gasteiger charge is -2.32. The molecule has 0 bridgehead atoms. The normalized spacial score (nSPS) is 22.3. The number of amides is 1. The number of rotatable bonds is 6. The van der Waals surface area contributed by atoms with Crippen LogP contribution in [0.3, 0.4) is 0 Å². The fourth-order valence-corrected chi connectivity index (χ4v) is 3.31. The maximum atomic E-state index is 12.8. The van der Waals surface area contributed by atoms with Gasteiger partial charge in [0.15, 0.2) is 0 Å². The molecule has 2 rings (SSSR count). The molecule has 0 saturated carbocycles. The van der Waals surface area contributed by atoms with Gasteiger partial charge in [-0.3, -0.25) is 10.1 Å². The molecule has 21 heavy (non-hydrogen) atoms. The van der Waals surface area contributed by atoms with Crippen LogP contribution in [-0.4, -0.2) is 22.9 Å². The molecule has 1 aromatic rings. The molecule has 0 aromatic heterocycles. The van der Waals surface area contributed by atoms with Crippen molar-refractivity contribution in [3.05, 3.63) is 35.4 Å². The first kappa shape index (κ1) is 16.0. The van der Waals surface area contributed by atoms with Crippen LogP contribution in [0.1, 0.15) is 63.7 Å². The fourth-order valence-electron chi connectivity index (χ4n) is 3.31. The van der Waals surface area contributed by atoms with E-state index < -0.39 is 0 Å². The molecule has 3 heteroatoms. The lowest BCUT2D eigenvalue weighted by molar-refractivity contribution is -0.132. The van der Waals surface area contributed by atoms with Gasteiger partial charge in [0.05, 0.1) is 6.04 Å². The summed E-state index contributed by atoms with van der Waals surface area (Å²) in [5.74, 6) is 0.275. The monoisotopic (exact) mass is 288 g/mol. The summed E-state index contributed by atoms with van der Waals surface area (Å²) >= 11 is 0. The second kappa shape index (κ2) is 7.08. The van der Waals surface area contributed by atoms with Crippen LogP contribution in [0.4, 0.5) is 0 Å². The molecule has 1 N–H and O–H groups in total. The number of hydrogen-bond donors (Lipinski definition) is 1. The van der Waals surface area contributed by atoms with Gasteiger partial charge in [-0.2, -0.15) is 0 Å². The highest BCUT2D eigenvalue weighted by molar-refractivity contribution is 5.84. The first-order valence-corrected chi connectivity index (χ1v) is 8.27. The Morgan fingerprint density at radius 2 is 1.95 bits per heavy atom. The molecular formula is C18H28N2O. The van der Waals surface area contributed by atoms with Gasteiger partial charge in [-0.1, -0.05) is 57.0 Å². The first-order chi connectivity index (χ1) is 10.1. The van der Waals surface area contributed by atoms with Gasteiger partial charge in [0.1, 0.15) is 6.17 Å². The Hall–Kier alpha value is -1.35. The minimum absolute atomic E-state index is 0.0267. The molecule has 3 nitrogen and oxygen atoms in total. The summed E-state index contributed by atoms with van der Waals surface area (Å²) < 4.78 is 0. The topological polar surface area (TPSA) is 32.3 Å². The lowest BCUT2D eigenvalue weighted by atomic mass is 10.1. The number of hydrogen-bond acceptors (Lipinski definition) is 2. The maximum absolute atomic E-state index is 12.8. The molecule has 1 aliphatic heterocycles. The van der Waals surface area contributed by atoms with E-state index in [9.17, 15) is 4.79 Å². The summed E-state index contributed by atoms with van der Waals surface area (Å²) in [4.78, 5) is 14.9. The molecule has 1 aliphatic rings. The van der Waals surface area contributed by atoms with Crippen molar-refractivity contribution in [3.63, 3.8) is 0 Å². The van der Waals surface area contributed by atoms with Crippen molar-refractivity contribution in [1.29, 1.82) is 0 Å². The molecule has 2 atom stereocenters. The average molecular weight is 288 g/mol. The zero-order chi connectivity index (χ0) is 15.4. The third-order valence-corrected chi connectivity index (χ3v) is 4.46. The first-order valence-electron chi connectivity index (χ1n) is 8.27. The largest absolute Gasteiger partial charge is 0.319 e. The summed E-state index contributed by atoms with van der Waals surface area (Å²) in [5.41, 5.74) is 2.44. The molecule has 0 aliphatic carbocycles. The number of aryl methyl sites for hydroxylation is 1. The number of carbonyl (C=O) groups is 1. The van der Waals surface area contributed by atoms with Crippen molar-refractivity contribution in [3.8, 4) is 0 Å². The second-order valence-electron chi connectivity index (χ2n) is 6.04. The molecule has 1 aromatic carbocycles. The summed E-state index contributed by atoms with van der Waals surface area (Å²) in [7, 11) is 0. The minimum atomic E-state index is -0.0267. The zero-order valence-electron chi connectivity index (χ0n) is 13.7. The molecular weight excluding hydrogens is 260 g/mol. The smallest absolute Gasteiger partial charge is 0.241 e. The molecule has 1 heterocycles. The van der Waals surface area contributed by atoms with Crippen LogP contribution in [-0.2, 0) is 4.79 Å². The summed E-state index contributed by atoms with van der Waals surface area (Å²) in [5, 5.41) is 3.56. The third-order valence-electron chi connectivity index (χ3n) is 4.46. The van der Waals surface area contributed by atoms with Crippen LogP contribution in [0.2, 0.25) is 0 Å². The van der Waals surface area contributed by atoms with E-state index in [2.05, 4.69) is 62.2 Å². The van der Waals surface area contributed by atoms with E-state index in [1.54, 1.807) is 0 Å². The average Bonchev–Trinajstić information content (AvgIpc) is 2.79. The van der Waals surface area contributed by atoms with Crippen LogP contribution < -0.4 is 5.32 Å². The minimum Gasteiger partial charge on any atom is -0.319 e. The van der Waals surface area contributed by atoms with Crippen LogP contribution >= 0.6 is 0 Å². The molecule has 116 valence electrons. The van der Waals surface area contributed by atoms with Gasteiger partial charge >= 0.3 is 0 Å². The van der Waals surface area contributed by atoms with Gasteiger partial charge in [0.2, 0.25) is 5.91 Å².